The lowest BCUT2D eigenvalue weighted by Crippen LogP contribution is -2.47. The van der Waals surface area contributed by atoms with Crippen molar-refractivity contribution >= 4 is 5.95 Å². The smallest absolute Gasteiger partial charge is 0.255 e. The summed E-state index contributed by atoms with van der Waals surface area (Å²) in [5.41, 5.74) is 2.87. The molecule has 0 amide bonds. The van der Waals surface area contributed by atoms with Gasteiger partial charge in [-0.05, 0) is 25.5 Å². The molecule has 0 spiro atoms. The fraction of sp³-hybridized carbons (Fsp3) is 0.381. The highest BCUT2D eigenvalue weighted by molar-refractivity contribution is 5.59. The van der Waals surface area contributed by atoms with Crippen molar-refractivity contribution in [3.8, 4) is 11.3 Å². The van der Waals surface area contributed by atoms with E-state index in [0.717, 1.165) is 25.1 Å². The summed E-state index contributed by atoms with van der Waals surface area (Å²) >= 11 is 0. The lowest BCUT2D eigenvalue weighted by Gasteiger charge is -2.37. The van der Waals surface area contributed by atoms with Gasteiger partial charge in [0, 0.05) is 50.1 Å². The van der Waals surface area contributed by atoms with Gasteiger partial charge < -0.3 is 9.64 Å². The predicted octanol–water partition coefficient (Wildman–Crippen LogP) is 2.57. The van der Waals surface area contributed by atoms with Gasteiger partial charge in [0.25, 0.3) is 5.56 Å². The molecule has 0 N–H and O–H groups in total. The average molecular weight is 364 g/mol. The summed E-state index contributed by atoms with van der Waals surface area (Å²) in [5, 5.41) is 0. The minimum Gasteiger partial charge on any atom is -0.374 e. The number of ether oxygens (including phenoxy) is 1. The van der Waals surface area contributed by atoms with Crippen LogP contribution < -0.4 is 10.5 Å². The van der Waals surface area contributed by atoms with Gasteiger partial charge in [-0.1, -0.05) is 23.8 Å². The Bertz CT molecular complexity index is 933. The third kappa shape index (κ3) is 3.71. The molecule has 6 heteroatoms. The van der Waals surface area contributed by atoms with Crippen molar-refractivity contribution in [3.05, 3.63) is 64.7 Å². The van der Waals surface area contributed by atoms with E-state index in [1.165, 1.54) is 5.57 Å². The van der Waals surface area contributed by atoms with Gasteiger partial charge in [0.15, 0.2) is 0 Å². The molecule has 0 radical (unpaired) electrons. The number of hydrogen-bond donors (Lipinski definition) is 0. The van der Waals surface area contributed by atoms with Gasteiger partial charge in [-0.3, -0.25) is 14.3 Å². The zero-order valence-corrected chi connectivity index (χ0v) is 15.7. The van der Waals surface area contributed by atoms with Gasteiger partial charge >= 0.3 is 0 Å². The number of morpholine rings is 1. The molecule has 0 aromatic carbocycles. The molecule has 2 aromatic rings. The summed E-state index contributed by atoms with van der Waals surface area (Å²) < 4.78 is 7.68. The lowest BCUT2D eigenvalue weighted by atomic mass is 9.89. The number of aromatic nitrogens is 3. The largest absolute Gasteiger partial charge is 0.374 e. The molecule has 140 valence electrons. The minimum absolute atomic E-state index is 0.0637. The van der Waals surface area contributed by atoms with Crippen LogP contribution in [0.15, 0.2) is 59.2 Å². The number of pyridine rings is 1. The highest BCUT2D eigenvalue weighted by Gasteiger charge is 2.29. The van der Waals surface area contributed by atoms with Crippen LogP contribution in [0.1, 0.15) is 13.3 Å². The number of allylic oxidation sites excluding steroid dienone is 3. The van der Waals surface area contributed by atoms with Crippen molar-refractivity contribution < 1.29 is 4.74 Å². The van der Waals surface area contributed by atoms with E-state index in [0.29, 0.717) is 24.2 Å². The summed E-state index contributed by atoms with van der Waals surface area (Å²) in [7, 11) is 1.78. The first-order valence-corrected chi connectivity index (χ1v) is 9.31. The maximum absolute atomic E-state index is 12.5. The SMILES string of the molecule is CC1=CC=CC([C@@H]2CN(c3nc(-c4ccncc4)cc(=O)n3C)CCO2)C1. The van der Waals surface area contributed by atoms with Crippen LogP contribution in [0.25, 0.3) is 11.3 Å². The van der Waals surface area contributed by atoms with Crippen LogP contribution in [-0.4, -0.2) is 40.3 Å². The van der Waals surface area contributed by atoms with Crippen molar-refractivity contribution in [1.82, 2.24) is 14.5 Å². The number of rotatable bonds is 3. The molecule has 0 bridgehead atoms. The Kier molecular flexibility index (Phi) is 4.90. The molecular formula is C21H24N4O2. The van der Waals surface area contributed by atoms with E-state index < -0.39 is 0 Å². The van der Waals surface area contributed by atoms with E-state index in [2.05, 4.69) is 35.0 Å². The lowest BCUT2D eigenvalue weighted by molar-refractivity contribution is 0.0132. The molecular weight excluding hydrogens is 340 g/mol. The second-order valence-corrected chi connectivity index (χ2v) is 7.20. The molecule has 1 aliphatic carbocycles. The topological polar surface area (TPSA) is 60.2 Å². The highest BCUT2D eigenvalue weighted by Crippen LogP contribution is 2.27. The molecule has 1 unspecified atom stereocenters. The van der Waals surface area contributed by atoms with Crippen LogP contribution in [-0.2, 0) is 11.8 Å². The molecule has 4 rings (SSSR count). The fourth-order valence-corrected chi connectivity index (χ4v) is 3.72. The van der Waals surface area contributed by atoms with Gasteiger partial charge in [-0.2, -0.15) is 0 Å². The zero-order chi connectivity index (χ0) is 18.8. The Morgan fingerprint density at radius 1 is 1.26 bits per heavy atom. The molecule has 2 aliphatic rings. The molecule has 27 heavy (non-hydrogen) atoms. The van der Waals surface area contributed by atoms with Crippen molar-refractivity contribution in [2.24, 2.45) is 13.0 Å². The normalized spacial score (nSPS) is 22.6. The van der Waals surface area contributed by atoms with Gasteiger partial charge in [0.1, 0.15) is 0 Å². The Hall–Kier alpha value is -2.73. The molecule has 1 aliphatic heterocycles. The number of hydrogen-bond acceptors (Lipinski definition) is 5. The van der Waals surface area contributed by atoms with E-state index in [1.807, 2.05) is 12.1 Å². The minimum atomic E-state index is -0.0637. The summed E-state index contributed by atoms with van der Waals surface area (Å²) in [6.45, 7) is 4.23. The monoisotopic (exact) mass is 364 g/mol. The van der Waals surface area contributed by atoms with Crippen LogP contribution in [0.4, 0.5) is 5.95 Å². The molecule has 1 saturated heterocycles. The van der Waals surface area contributed by atoms with Crippen LogP contribution in [0, 0.1) is 5.92 Å². The Balaban J connectivity index is 1.62. The molecule has 2 aromatic heterocycles. The van der Waals surface area contributed by atoms with Crippen LogP contribution in [0.3, 0.4) is 0 Å². The van der Waals surface area contributed by atoms with Crippen LogP contribution >= 0.6 is 0 Å². The van der Waals surface area contributed by atoms with E-state index in [4.69, 9.17) is 9.72 Å². The maximum Gasteiger partial charge on any atom is 0.255 e. The fourth-order valence-electron chi connectivity index (χ4n) is 3.72. The molecule has 1 fully saturated rings. The number of anilines is 1. The zero-order valence-electron chi connectivity index (χ0n) is 15.7. The van der Waals surface area contributed by atoms with Crippen molar-refractivity contribution in [1.29, 1.82) is 0 Å². The molecule has 2 atom stereocenters. The summed E-state index contributed by atoms with van der Waals surface area (Å²) in [5.74, 6) is 1.05. The first-order valence-electron chi connectivity index (χ1n) is 9.31. The number of nitrogens with zero attached hydrogens (tertiary/aromatic N) is 4. The van der Waals surface area contributed by atoms with Gasteiger partial charge in [0.05, 0.1) is 18.4 Å². The molecule has 6 nitrogen and oxygen atoms in total. The standard InChI is InChI=1S/C21H24N4O2/c1-15-4-3-5-17(12-15)19-14-25(10-11-27-19)21-23-18(13-20(26)24(21)2)16-6-8-22-9-7-16/h3-9,13,17,19H,10-12,14H2,1-2H3/t17?,19-/m0/s1. The molecule has 3 heterocycles. The predicted molar refractivity (Wildman–Crippen MR) is 106 cm³/mol. The van der Waals surface area contributed by atoms with E-state index in [9.17, 15) is 4.79 Å². The Morgan fingerprint density at radius 3 is 2.85 bits per heavy atom. The summed E-state index contributed by atoms with van der Waals surface area (Å²) in [6, 6.07) is 5.32. The van der Waals surface area contributed by atoms with Gasteiger partial charge in [0.2, 0.25) is 5.95 Å². The highest BCUT2D eigenvalue weighted by atomic mass is 16.5. The van der Waals surface area contributed by atoms with Crippen molar-refractivity contribution in [3.63, 3.8) is 0 Å². The first-order chi connectivity index (χ1) is 13.1. The first kappa shape index (κ1) is 17.7. The molecule has 0 saturated carbocycles. The Morgan fingerprint density at radius 2 is 2.07 bits per heavy atom. The third-order valence-electron chi connectivity index (χ3n) is 5.24. The van der Waals surface area contributed by atoms with Gasteiger partial charge in [-0.15, -0.1) is 0 Å². The van der Waals surface area contributed by atoms with Gasteiger partial charge in [-0.25, -0.2) is 4.98 Å². The van der Waals surface area contributed by atoms with Crippen LogP contribution in [0.2, 0.25) is 0 Å². The van der Waals surface area contributed by atoms with Crippen molar-refractivity contribution in [2.75, 3.05) is 24.6 Å². The second-order valence-electron chi connectivity index (χ2n) is 7.20. The maximum atomic E-state index is 12.5. The second kappa shape index (κ2) is 7.48. The van der Waals surface area contributed by atoms with Crippen molar-refractivity contribution in [2.45, 2.75) is 19.4 Å². The van der Waals surface area contributed by atoms with E-state index in [1.54, 1.807) is 30.1 Å². The Labute approximate surface area is 158 Å². The summed E-state index contributed by atoms with van der Waals surface area (Å²) in [4.78, 5) is 23.5. The quantitative estimate of drug-likeness (QED) is 0.838. The summed E-state index contributed by atoms with van der Waals surface area (Å²) in [6.07, 6.45) is 11.0. The average Bonchev–Trinajstić information content (AvgIpc) is 2.71. The van der Waals surface area contributed by atoms with Crippen LogP contribution in [0.5, 0.6) is 0 Å². The third-order valence-corrected chi connectivity index (χ3v) is 5.24. The van der Waals surface area contributed by atoms with E-state index >= 15 is 0 Å². The van der Waals surface area contributed by atoms with E-state index in [-0.39, 0.29) is 11.7 Å².